The zero-order valence-corrected chi connectivity index (χ0v) is 14.0. The Hall–Kier alpha value is -1.24. The van der Waals surface area contributed by atoms with Gasteiger partial charge in [0, 0.05) is 11.6 Å². The number of nitrogens with zero attached hydrogens (tertiary/aromatic N) is 1. The first-order valence-corrected chi connectivity index (χ1v) is 8.62. The molecule has 1 N–H and O–H groups in total. The topological polar surface area (TPSA) is 66.5 Å². The van der Waals surface area contributed by atoms with Crippen molar-refractivity contribution in [3.05, 3.63) is 40.9 Å². The summed E-state index contributed by atoms with van der Waals surface area (Å²) in [5.41, 5.74) is 0.160. The van der Waals surface area contributed by atoms with Crippen LogP contribution in [0.2, 0.25) is 10.0 Å². The van der Waals surface area contributed by atoms with Crippen molar-refractivity contribution in [2.24, 2.45) is 0 Å². The summed E-state index contributed by atoms with van der Waals surface area (Å²) in [4.78, 5) is 12.0. The Kier molecular flexibility index (Phi) is 6.07. The molecule has 116 valence electrons. The summed E-state index contributed by atoms with van der Waals surface area (Å²) >= 11 is 11.9. The van der Waals surface area contributed by atoms with E-state index in [2.05, 4.69) is 11.9 Å². The van der Waals surface area contributed by atoms with Crippen molar-refractivity contribution in [1.29, 1.82) is 0 Å². The number of benzene rings is 1. The van der Waals surface area contributed by atoms with Crippen molar-refractivity contribution in [3.63, 3.8) is 0 Å². The molecule has 1 aromatic rings. The Labute approximate surface area is 134 Å². The SMILES string of the molecule is C=CCNC(=O)[C@H](C)N(c1cc(Cl)ccc1Cl)S(C)(=O)=O. The fraction of sp³-hybridized carbons (Fsp3) is 0.308. The predicted molar refractivity (Wildman–Crippen MR) is 86.5 cm³/mol. The molecule has 1 rings (SSSR count). The van der Waals surface area contributed by atoms with E-state index in [0.29, 0.717) is 5.02 Å². The number of hydrogen-bond donors (Lipinski definition) is 1. The number of rotatable bonds is 6. The van der Waals surface area contributed by atoms with Crippen LogP contribution in [-0.4, -0.2) is 33.2 Å². The largest absolute Gasteiger partial charge is 0.351 e. The molecule has 1 aromatic carbocycles. The zero-order valence-electron chi connectivity index (χ0n) is 11.6. The van der Waals surface area contributed by atoms with E-state index in [1.54, 1.807) is 0 Å². The summed E-state index contributed by atoms with van der Waals surface area (Å²) in [5.74, 6) is -0.462. The molecule has 0 fully saturated rings. The molecule has 0 bridgehead atoms. The number of nitrogens with one attached hydrogen (secondary N) is 1. The van der Waals surface area contributed by atoms with Gasteiger partial charge in [-0.15, -0.1) is 6.58 Å². The van der Waals surface area contributed by atoms with Crippen LogP contribution in [0.15, 0.2) is 30.9 Å². The maximum absolute atomic E-state index is 12.0. The first kappa shape index (κ1) is 17.8. The van der Waals surface area contributed by atoms with E-state index in [0.717, 1.165) is 10.6 Å². The molecular formula is C13H16Cl2N2O3S. The summed E-state index contributed by atoms with van der Waals surface area (Å²) in [6.07, 6.45) is 2.50. The number of carbonyl (C=O) groups is 1. The summed E-state index contributed by atoms with van der Waals surface area (Å²) < 4.78 is 25.0. The molecule has 5 nitrogen and oxygen atoms in total. The first-order valence-electron chi connectivity index (χ1n) is 6.01. The van der Waals surface area contributed by atoms with Gasteiger partial charge in [0.05, 0.1) is 17.0 Å². The average Bonchev–Trinajstić information content (AvgIpc) is 2.38. The summed E-state index contributed by atoms with van der Waals surface area (Å²) in [6, 6.07) is 3.44. The predicted octanol–water partition coefficient (Wildman–Crippen LogP) is 2.45. The van der Waals surface area contributed by atoms with Crippen LogP contribution in [-0.2, 0) is 14.8 Å². The lowest BCUT2D eigenvalue weighted by Gasteiger charge is -2.28. The zero-order chi connectivity index (χ0) is 16.2. The lowest BCUT2D eigenvalue weighted by atomic mass is 10.2. The minimum absolute atomic E-state index is 0.160. The second-order valence-corrected chi connectivity index (χ2v) is 7.07. The molecule has 1 atom stereocenters. The van der Waals surface area contributed by atoms with Crippen LogP contribution in [0.5, 0.6) is 0 Å². The van der Waals surface area contributed by atoms with E-state index in [1.807, 2.05) is 0 Å². The Morgan fingerprint density at radius 3 is 2.62 bits per heavy atom. The van der Waals surface area contributed by atoms with E-state index in [1.165, 1.54) is 31.2 Å². The summed E-state index contributed by atoms with van der Waals surface area (Å²) in [6.45, 7) is 5.19. The standard InChI is InChI=1S/C13H16Cl2N2O3S/c1-4-7-16-13(18)9(2)17(21(3,19)20)12-8-10(14)5-6-11(12)15/h4-6,8-9H,1,7H2,2-3H3,(H,16,18)/t9-/m0/s1. The van der Waals surface area contributed by atoms with Crippen LogP contribution in [0.1, 0.15) is 6.92 Å². The van der Waals surface area contributed by atoms with Crippen LogP contribution in [0.25, 0.3) is 0 Å². The minimum atomic E-state index is -3.72. The Bertz CT molecular complexity index is 647. The third-order valence-corrected chi connectivity index (χ3v) is 4.44. The van der Waals surface area contributed by atoms with Gasteiger partial charge in [0.1, 0.15) is 6.04 Å². The van der Waals surface area contributed by atoms with E-state index >= 15 is 0 Å². The maximum atomic E-state index is 12.0. The van der Waals surface area contributed by atoms with Gasteiger partial charge < -0.3 is 5.32 Å². The molecule has 0 aromatic heterocycles. The van der Waals surface area contributed by atoms with Gasteiger partial charge in [-0.05, 0) is 25.1 Å². The van der Waals surface area contributed by atoms with Crippen LogP contribution in [0.3, 0.4) is 0 Å². The van der Waals surface area contributed by atoms with E-state index in [-0.39, 0.29) is 17.3 Å². The smallest absolute Gasteiger partial charge is 0.243 e. The molecule has 0 heterocycles. The van der Waals surface area contributed by atoms with Crippen molar-refractivity contribution in [2.75, 3.05) is 17.1 Å². The molecule has 0 saturated heterocycles. The van der Waals surface area contributed by atoms with Crippen molar-refractivity contribution in [3.8, 4) is 0 Å². The van der Waals surface area contributed by atoms with E-state index in [9.17, 15) is 13.2 Å². The van der Waals surface area contributed by atoms with Gasteiger partial charge in [-0.3, -0.25) is 9.10 Å². The highest BCUT2D eigenvalue weighted by Crippen LogP contribution is 2.32. The molecule has 0 unspecified atom stereocenters. The third-order valence-electron chi connectivity index (χ3n) is 2.65. The molecule has 0 saturated carbocycles. The number of halogens is 2. The van der Waals surface area contributed by atoms with Crippen LogP contribution >= 0.6 is 23.2 Å². The molecular weight excluding hydrogens is 335 g/mol. The van der Waals surface area contributed by atoms with Gasteiger partial charge >= 0.3 is 0 Å². The van der Waals surface area contributed by atoms with Gasteiger partial charge in [0.15, 0.2) is 0 Å². The highest BCUT2D eigenvalue weighted by Gasteiger charge is 2.30. The molecule has 0 aliphatic rings. The summed E-state index contributed by atoms with van der Waals surface area (Å²) in [7, 11) is -3.72. The first-order chi connectivity index (χ1) is 9.68. The summed E-state index contributed by atoms with van der Waals surface area (Å²) in [5, 5.41) is 3.06. The second kappa shape index (κ2) is 7.15. The number of hydrogen-bond acceptors (Lipinski definition) is 3. The van der Waals surface area contributed by atoms with Crippen molar-refractivity contribution >= 4 is 44.8 Å². The third kappa shape index (κ3) is 4.62. The molecule has 8 heteroatoms. The Balaban J connectivity index is 3.27. The quantitative estimate of drug-likeness (QED) is 0.801. The Morgan fingerprint density at radius 1 is 1.48 bits per heavy atom. The van der Waals surface area contributed by atoms with Gasteiger partial charge in [-0.1, -0.05) is 29.3 Å². The van der Waals surface area contributed by atoms with Gasteiger partial charge in [-0.2, -0.15) is 0 Å². The van der Waals surface area contributed by atoms with Crippen molar-refractivity contribution < 1.29 is 13.2 Å². The molecule has 0 radical (unpaired) electrons. The van der Waals surface area contributed by atoms with E-state index < -0.39 is 22.0 Å². The second-order valence-electron chi connectivity index (χ2n) is 4.36. The fourth-order valence-corrected chi connectivity index (χ4v) is 3.36. The molecule has 1 amide bonds. The fourth-order valence-electron chi connectivity index (χ4n) is 1.76. The number of sulfonamides is 1. The normalized spacial score (nSPS) is 12.6. The highest BCUT2D eigenvalue weighted by atomic mass is 35.5. The van der Waals surface area contributed by atoms with Crippen LogP contribution in [0.4, 0.5) is 5.69 Å². The van der Waals surface area contributed by atoms with Gasteiger partial charge in [0.2, 0.25) is 15.9 Å². The molecule has 0 aliphatic carbocycles. The maximum Gasteiger partial charge on any atom is 0.243 e. The lowest BCUT2D eigenvalue weighted by molar-refractivity contribution is -0.121. The van der Waals surface area contributed by atoms with Crippen LogP contribution in [0, 0.1) is 0 Å². The molecule has 21 heavy (non-hydrogen) atoms. The molecule has 0 spiro atoms. The average molecular weight is 351 g/mol. The van der Waals surface area contributed by atoms with Crippen molar-refractivity contribution in [1.82, 2.24) is 5.32 Å². The van der Waals surface area contributed by atoms with Gasteiger partial charge in [-0.25, -0.2) is 8.42 Å². The van der Waals surface area contributed by atoms with Gasteiger partial charge in [0.25, 0.3) is 0 Å². The Morgan fingerprint density at radius 2 is 2.10 bits per heavy atom. The van der Waals surface area contributed by atoms with E-state index in [4.69, 9.17) is 23.2 Å². The number of amides is 1. The van der Waals surface area contributed by atoms with Crippen molar-refractivity contribution in [2.45, 2.75) is 13.0 Å². The number of carbonyl (C=O) groups excluding carboxylic acids is 1. The lowest BCUT2D eigenvalue weighted by Crippen LogP contribution is -2.48. The van der Waals surface area contributed by atoms with Crippen LogP contribution < -0.4 is 9.62 Å². The highest BCUT2D eigenvalue weighted by molar-refractivity contribution is 7.92. The monoisotopic (exact) mass is 350 g/mol. The minimum Gasteiger partial charge on any atom is -0.351 e. The molecule has 0 aliphatic heterocycles. The number of anilines is 1.